The second-order valence-corrected chi connectivity index (χ2v) is 7.01. The van der Waals surface area contributed by atoms with Gasteiger partial charge in [0.2, 0.25) is 0 Å². The molecule has 2 aromatic rings. The zero-order chi connectivity index (χ0) is 17.8. The smallest absolute Gasteiger partial charge is 0.329 e. The second kappa shape index (κ2) is 7.74. The number of carbonyl (C=O) groups is 2. The predicted molar refractivity (Wildman–Crippen MR) is 99.4 cm³/mol. The van der Waals surface area contributed by atoms with E-state index >= 15 is 0 Å². The van der Waals surface area contributed by atoms with Crippen LogP contribution in [0.1, 0.15) is 33.8 Å². The number of rotatable bonds is 4. The molecule has 1 fully saturated rings. The number of carbonyl (C=O) groups excluding carboxylic acids is 2. The summed E-state index contributed by atoms with van der Waals surface area (Å²) in [5.74, 6) is 0.0201. The number of hydrogen-bond acceptors (Lipinski definition) is 4. The van der Waals surface area contributed by atoms with Gasteiger partial charge in [0.05, 0.1) is 7.11 Å². The zero-order valence-corrected chi connectivity index (χ0v) is 15.2. The minimum Gasteiger partial charge on any atom is -0.467 e. The molecule has 4 nitrogen and oxygen atoms in total. The third-order valence-corrected chi connectivity index (χ3v) is 5.73. The molecule has 1 amide bonds. The highest BCUT2D eigenvalue weighted by Crippen LogP contribution is 2.42. The van der Waals surface area contributed by atoms with Gasteiger partial charge in [-0.3, -0.25) is 4.79 Å². The summed E-state index contributed by atoms with van der Waals surface area (Å²) in [6, 6.07) is 16.8. The summed E-state index contributed by atoms with van der Waals surface area (Å²) in [4.78, 5) is 27.0. The molecule has 3 rings (SSSR count). The first-order chi connectivity index (χ1) is 12.2. The van der Waals surface area contributed by atoms with E-state index in [-0.39, 0.29) is 17.3 Å². The SMILES string of the molecule is CCc1ccc(C(=O)N2C(C(=O)OC)CSC2c2ccccc2)cc1. The molecule has 2 aromatic carbocycles. The summed E-state index contributed by atoms with van der Waals surface area (Å²) in [6.45, 7) is 2.08. The van der Waals surface area contributed by atoms with Gasteiger partial charge in [0, 0.05) is 11.3 Å². The molecule has 1 saturated heterocycles. The average molecular weight is 355 g/mol. The lowest BCUT2D eigenvalue weighted by atomic mass is 10.1. The monoisotopic (exact) mass is 355 g/mol. The molecule has 0 saturated carbocycles. The van der Waals surface area contributed by atoms with Crippen LogP contribution in [-0.4, -0.2) is 35.7 Å². The van der Waals surface area contributed by atoms with Gasteiger partial charge in [0.15, 0.2) is 0 Å². The molecular formula is C20H21NO3S. The molecule has 0 aromatic heterocycles. The lowest BCUT2D eigenvalue weighted by Crippen LogP contribution is -2.43. The molecule has 1 aliphatic heterocycles. The summed E-state index contributed by atoms with van der Waals surface area (Å²) < 4.78 is 4.92. The highest BCUT2D eigenvalue weighted by Gasteiger charge is 2.43. The number of ether oxygens (including phenoxy) is 1. The Labute approximate surface area is 152 Å². The summed E-state index contributed by atoms with van der Waals surface area (Å²) in [5, 5.41) is -0.191. The Balaban J connectivity index is 1.95. The normalized spacial score (nSPS) is 19.7. The molecule has 0 N–H and O–H groups in total. The fraction of sp³-hybridized carbons (Fsp3) is 0.300. The van der Waals surface area contributed by atoms with Gasteiger partial charge in [-0.1, -0.05) is 49.4 Å². The van der Waals surface area contributed by atoms with Crippen molar-refractivity contribution in [1.82, 2.24) is 4.90 Å². The fourth-order valence-corrected chi connectivity index (χ4v) is 4.39. The highest BCUT2D eigenvalue weighted by molar-refractivity contribution is 7.99. The Kier molecular flexibility index (Phi) is 5.43. The summed E-state index contributed by atoms with van der Waals surface area (Å²) >= 11 is 1.59. The van der Waals surface area contributed by atoms with Crippen LogP contribution in [0.3, 0.4) is 0 Å². The predicted octanol–water partition coefficient (Wildman–Crippen LogP) is 3.68. The van der Waals surface area contributed by atoms with Gasteiger partial charge in [0.1, 0.15) is 11.4 Å². The van der Waals surface area contributed by atoms with E-state index in [1.54, 1.807) is 16.7 Å². The van der Waals surface area contributed by atoms with Crippen molar-refractivity contribution in [3.05, 3.63) is 71.3 Å². The maximum absolute atomic E-state index is 13.2. The number of nitrogens with zero attached hydrogens (tertiary/aromatic N) is 1. The second-order valence-electron chi connectivity index (χ2n) is 5.90. The van der Waals surface area contributed by atoms with Crippen LogP contribution in [0.2, 0.25) is 0 Å². The lowest BCUT2D eigenvalue weighted by molar-refractivity contribution is -0.145. The highest BCUT2D eigenvalue weighted by atomic mass is 32.2. The van der Waals surface area contributed by atoms with Gasteiger partial charge >= 0.3 is 5.97 Å². The Morgan fingerprint density at radius 2 is 1.80 bits per heavy atom. The number of amides is 1. The standard InChI is InChI=1S/C20H21NO3S/c1-3-14-9-11-15(12-10-14)18(22)21-17(20(23)24-2)13-25-19(21)16-7-5-4-6-8-16/h4-12,17,19H,3,13H2,1-2H3. The first kappa shape index (κ1) is 17.5. The average Bonchev–Trinajstić information content (AvgIpc) is 3.12. The van der Waals surface area contributed by atoms with Crippen LogP contribution in [0.15, 0.2) is 54.6 Å². The van der Waals surface area contributed by atoms with Gasteiger partial charge in [0.25, 0.3) is 5.91 Å². The third-order valence-electron chi connectivity index (χ3n) is 4.40. The van der Waals surface area contributed by atoms with E-state index in [1.165, 1.54) is 12.7 Å². The maximum atomic E-state index is 13.2. The maximum Gasteiger partial charge on any atom is 0.329 e. The Bertz CT molecular complexity index is 745. The molecule has 2 unspecified atom stereocenters. The number of benzene rings is 2. The third kappa shape index (κ3) is 3.56. The van der Waals surface area contributed by atoms with Crippen molar-refractivity contribution in [3.8, 4) is 0 Å². The Morgan fingerprint density at radius 1 is 1.12 bits per heavy atom. The van der Waals surface area contributed by atoms with Crippen LogP contribution in [0, 0.1) is 0 Å². The van der Waals surface area contributed by atoms with Crippen molar-refractivity contribution in [2.45, 2.75) is 24.8 Å². The van der Waals surface area contributed by atoms with Gasteiger partial charge in [-0.25, -0.2) is 4.79 Å². The van der Waals surface area contributed by atoms with Crippen LogP contribution in [-0.2, 0) is 16.0 Å². The van der Waals surface area contributed by atoms with Crippen LogP contribution in [0.5, 0.6) is 0 Å². The van der Waals surface area contributed by atoms with E-state index in [1.807, 2.05) is 54.6 Å². The lowest BCUT2D eigenvalue weighted by Gasteiger charge is -2.28. The van der Waals surface area contributed by atoms with Crippen LogP contribution in [0.4, 0.5) is 0 Å². The molecule has 1 aliphatic rings. The molecule has 5 heteroatoms. The summed E-state index contributed by atoms with van der Waals surface area (Å²) in [6.07, 6.45) is 0.922. The Morgan fingerprint density at radius 3 is 2.40 bits per heavy atom. The van der Waals surface area contributed by atoms with E-state index < -0.39 is 6.04 Å². The fourth-order valence-electron chi connectivity index (χ4n) is 2.98. The van der Waals surface area contributed by atoms with Crippen molar-refractivity contribution in [1.29, 1.82) is 0 Å². The molecule has 0 spiro atoms. The van der Waals surface area contributed by atoms with Crippen molar-refractivity contribution in [2.24, 2.45) is 0 Å². The van der Waals surface area contributed by atoms with Gasteiger partial charge in [-0.2, -0.15) is 0 Å². The van der Waals surface area contributed by atoms with E-state index in [0.717, 1.165) is 12.0 Å². The molecule has 130 valence electrons. The molecule has 0 bridgehead atoms. The van der Waals surface area contributed by atoms with Gasteiger partial charge < -0.3 is 9.64 Å². The molecular weight excluding hydrogens is 334 g/mol. The van der Waals surface area contributed by atoms with Crippen LogP contribution in [0.25, 0.3) is 0 Å². The minimum atomic E-state index is -0.571. The van der Waals surface area contributed by atoms with Gasteiger partial charge in [-0.15, -0.1) is 11.8 Å². The van der Waals surface area contributed by atoms with Crippen molar-refractivity contribution in [3.63, 3.8) is 0 Å². The number of hydrogen-bond donors (Lipinski definition) is 0. The van der Waals surface area contributed by atoms with Crippen molar-refractivity contribution >= 4 is 23.6 Å². The van der Waals surface area contributed by atoms with E-state index in [9.17, 15) is 9.59 Å². The van der Waals surface area contributed by atoms with Gasteiger partial charge in [-0.05, 0) is 29.7 Å². The van der Waals surface area contributed by atoms with Crippen LogP contribution < -0.4 is 0 Å². The number of aryl methyl sites for hydroxylation is 1. The topological polar surface area (TPSA) is 46.6 Å². The first-order valence-electron chi connectivity index (χ1n) is 8.31. The largest absolute Gasteiger partial charge is 0.467 e. The van der Waals surface area contributed by atoms with E-state index in [4.69, 9.17) is 4.74 Å². The molecule has 0 aliphatic carbocycles. The Hall–Kier alpha value is -2.27. The first-order valence-corrected chi connectivity index (χ1v) is 9.36. The molecule has 0 radical (unpaired) electrons. The number of esters is 1. The van der Waals surface area contributed by atoms with E-state index in [0.29, 0.717) is 11.3 Å². The zero-order valence-electron chi connectivity index (χ0n) is 14.3. The van der Waals surface area contributed by atoms with Crippen LogP contribution >= 0.6 is 11.8 Å². The number of methoxy groups -OCH3 is 1. The molecule has 25 heavy (non-hydrogen) atoms. The minimum absolute atomic E-state index is 0.142. The van der Waals surface area contributed by atoms with E-state index in [2.05, 4.69) is 6.92 Å². The van der Waals surface area contributed by atoms with Crippen molar-refractivity contribution < 1.29 is 14.3 Å². The summed E-state index contributed by atoms with van der Waals surface area (Å²) in [7, 11) is 1.36. The molecule has 1 heterocycles. The van der Waals surface area contributed by atoms with Crippen molar-refractivity contribution in [2.75, 3.05) is 12.9 Å². The molecule has 2 atom stereocenters. The summed E-state index contributed by atoms with van der Waals surface area (Å²) in [5.41, 5.74) is 2.78. The quantitative estimate of drug-likeness (QED) is 0.785. The number of thioether (sulfide) groups is 1.